The normalized spacial score (nSPS) is 12.1. The van der Waals surface area contributed by atoms with E-state index in [0.717, 1.165) is 0 Å². The number of hydrogen-bond donors (Lipinski definition) is 1. The molecule has 1 heterocycles. The summed E-state index contributed by atoms with van der Waals surface area (Å²) in [5.41, 5.74) is 0. The van der Waals surface area contributed by atoms with Crippen LogP contribution in [0.3, 0.4) is 0 Å². The smallest absolute Gasteiger partial charge is 0.253 e. The van der Waals surface area contributed by atoms with Gasteiger partial charge in [-0.2, -0.15) is 12.7 Å². The quantitative estimate of drug-likeness (QED) is 0.900. The molecule has 7 heteroatoms. The average Bonchev–Trinajstić information content (AvgIpc) is 2.20. The first-order valence-electron chi connectivity index (χ1n) is 4.71. The van der Waals surface area contributed by atoms with E-state index in [1.54, 1.807) is 26.0 Å². The molecule has 0 fully saturated rings. The second-order valence-corrected chi connectivity index (χ2v) is 5.69. The highest BCUT2D eigenvalue weighted by atomic mass is 35.5. The molecule has 0 aliphatic carbocycles. The summed E-state index contributed by atoms with van der Waals surface area (Å²) in [7, 11) is -2.11. The Kier molecular flexibility index (Phi) is 4.12. The van der Waals surface area contributed by atoms with Crippen LogP contribution in [0.4, 0.5) is 5.82 Å². The molecule has 0 bridgehead atoms. The minimum atomic E-state index is -3.60. The number of pyridine rings is 1. The maximum absolute atomic E-state index is 11.8. The van der Waals surface area contributed by atoms with Crippen LogP contribution in [-0.4, -0.2) is 30.8 Å². The molecule has 0 aliphatic heterocycles. The maximum atomic E-state index is 11.8. The fourth-order valence-electron chi connectivity index (χ4n) is 0.932. The molecule has 1 aromatic rings. The van der Waals surface area contributed by atoms with Gasteiger partial charge in [0, 0.05) is 19.3 Å². The summed E-state index contributed by atoms with van der Waals surface area (Å²) >= 11 is 5.81. The Morgan fingerprint density at radius 3 is 2.62 bits per heavy atom. The number of rotatable bonds is 4. The van der Waals surface area contributed by atoms with Crippen molar-refractivity contribution in [3.63, 3.8) is 0 Å². The first-order chi connectivity index (χ1) is 7.34. The van der Waals surface area contributed by atoms with E-state index >= 15 is 0 Å². The number of hydrogen-bond acceptors (Lipinski definition) is 3. The predicted octanol–water partition coefficient (Wildman–Crippen LogP) is 1.73. The summed E-state index contributed by atoms with van der Waals surface area (Å²) in [5, 5.41) is 0.267. The highest BCUT2D eigenvalue weighted by molar-refractivity contribution is 7.90. The molecule has 5 nitrogen and oxygen atoms in total. The molecule has 0 unspecified atom stereocenters. The van der Waals surface area contributed by atoms with Crippen LogP contribution in [-0.2, 0) is 10.2 Å². The zero-order valence-corrected chi connectivity index (χ0v) is 10.9. The fourth-order valence-corrected chi connectivity index (χ4v) is 2.26. The number of anilines is 1. The van der Waals surface area contributed by atoms with Gasteiger partial charge in [-0.05, 0) is 26.0 Å². The van der Waals surface area contributed by atoms with Crippen molar-refractivity contribution in [2.75, 3.05) is 11.8 Å². The maximum Gasteiger partial charge on any atom is 0.302 e. The number of nitrogens with zero attached hydrogens (tertiary/aromatic N) is 2. The van der Waals surface area contributed by atoms with Crippen molar-refractivity contribution in [1.29, 1.82) is 0 Å². The highest BCUT2D eigenvalue weighted by Crippen LogP contribution is 2.19. The molecule has 0 saturated heterocycles. The van der Waals surface area contributed by atoms with Gasteiger partial charge >= 0.3 is 10.2 Å². The third kappa shape index (κ3) is 3.07. The fraction of sp³-hybridized carbons (Fsp3) is 0.444. The van der Waals surface area contributed by atoms with Crippen LogP contribution >= 0.6 is 11.6 Å². The van der Waals surface area contributed by atoms with E-state index in [-0.39, 0.29) is 16.9 Å². The molecular weight excluding hydrogens is 250 g/mol. The molecule has 1 rings (SSSR count). The Hall–Kier alpha value is -0.850. The molecule has 1 aromatic heterocycles. The molecule has 90 valence electrons. The number of nitrogens with one attached hydrogen (secondary N) is 1. The van der Waals surface area contributed by atoms with Crippen LogP contribution in [0.1, 0.15) is 13.8 Å². The van der Waals surface area contributed by atoms with Gasteiger partial charge in [-0.1, -0.05) is 11.6 Å². The number of halogens is 1. The molecule has 1 N–H and O–H groups in total. The van der Waals surface area contributed by atoms with Gasteiger partial charge in [0.2, 0.25) is 0 Å². The van der Waals surface area contributed by atoms with Crippen molar-refractivity contribution in [2.45, 2.75) is 19.9 Å². The molecule has 0 amide bonds. The van der Waals surface area contributed by atoms with E-state index in [2.05, 4.69) is 9.71 Å². The lowest BCUT2D eigenvalue weighted by molar-refractivity contribution is 0.414. The topological polar surface area (TPSA) is 62.3 Å². The molecular formula is C9H14ClN3O2S. The van der Waals surface area contributed by atoms with Crippen molar-refractivity contribution in [2.24, 2.45) is 0 Å². The van der Waals surface area contributed by atoms with Crippen LogP contribution in [0.5, 0.6) is 0 Å². The van der Waals surface area contributed by atoms with E-state index in [0.29, 0.717) is 0 Å². The van der Waals surface area contributed by atoms with Crippen LogP contribution < -0.4 is 4.72 Å². The number of aromatic nitrogens is 1. The first-order valence-corrected chi connectivity index (χ1v) is 6.52. The summed E-state index contributed by atoms with van der Waals surface area (Å²) in [6, 6.07) is 3.06. The monoisotopic (exact) mass is 263 g/mol. The third-order valence-corrected chi connectivity index (χ3v) is 4.03. The molecule has 0 aromatic carbocycles. The zero-order valence-electron chi connectivity index (χ0n) is 9.31. The minimum Gasteiger partial charge on any atom is -0.253 e. The molecule has 0 atom stereocenters. The lowest BCUT2D eigenvalue weighted by Gasteiger charge is -2.21. The Morgan fingerprint density at radius 2 is 2.12 bits per heavy atom. The highest BCUT2D eigenvalue weighted by Gasteiger charge is 2.21. The van der Waals surface area contributed by atoms with Gasteiger partial charge < -0.3 is 0 Å². The van der Waals surface area contributed by atoms with E-state index in [1.165, 1.54) is 17.5 Å². The Labute approximate surface area is 101 Å². The third-order valence-electron chi connectivity index (χ3n) is 2.09. The van der Waals surface area contributed by atoms with Crippen molar-refractivity contribution < 1.29 is 8.42 Å². The van der Waals surface area contributed by atoms with Crippen LogP contribution in [0.15, 0.2) is 18.3 Å². The molecule has 0 spiro atoms. The predicted molar refractivity (Wildman–Crippen MR) is 64.7 cm³/mol. The SMILES string of the molecule is CC(C)N(C)S(=O)(=O)Nc1ncccc1Cl. The molecule has 0 saturated carbocycles. The van der Waals surface area contributed by atoms with Gasteiger partial charge in [-0.3, -0.25) is 4.72 Å². The second kappa shape index (κ2) is 4.99. The van der Waals surface area contributed by atoms with Gasteiger partial charge in [-0.25, -0.2) is 4.98 Å². The molecule has 0 radical (unpaired) electrons. The summed E-state index contributed by atoms with van der Waals surface area (Å²) in [6.45, 7) is 3.55. The van der Waals surface area contributed by atoms with Crippen molar-refractivity contribution in [3.05, 3.63) is 23.4 Å². The van der Waals surface area contributed by atoms with Crippen molar-refractivity contribution >= 4 is 27.6 Å². The van der Waals surface area contributed by atoms with Crippen LogP contribution in [0.25, 0.3) is 0 Å². The average molecular weight is 264 g/mol. The minimum absolute atomic E-state index is 0.136. The van der Waals surface area contributed by atoms with Crippen molar-refractivity contribution in [3.8, 4) is 0 Å². The lowest BCUT2D eigenvalue weighted by Crippen LogP contribution is -2.37. The summed E-state index contributed by atoms with van der Waals surface area (Å²) in [4.78, 5) is 3.86. The zero-order chi connectivity index (χ0) is 12.3. The standard InChI is InChI=1S/C9H14ClN3O2S/c1-7(2)13(3)16(14,15)12-9-8(10)5-4-6-11-9/h4-7H,1-3H3,(H,11,12). The van der Waals surface area contributed by atoms with Gasteiger partial charge in [0.25, 0.3) is 0 Å². The van der Waals surface area contributed by atoms with Crippen LogP contribution in [0, 0.1) is 0 Å². The Balaban J connectivity index is 2.94. The Morgan fingerprint density at radius 1 is 1.50 bits per heavy atom. The molecule has 0 aliphatic rings. The molecule has 16 heavy (non-hydrogen) atoms. The lowest BCUT2D eigenvalue weighted by atomic mass is 10.4. The summed E-state index contributed by atoms with van der Waals surface area (Å²) in [5.74, 6) is 0.136. The first kappa shape index (κ1) is 13.2. The van der Waals surface area contributed by atoms with E-state index in [1.807, 2.05) is 0 Å². The van der Waals surface area contributed by atoms with E-state index in [4.69, 9.17) is 11.6 Å². The van der Waals surface area contributed by atoms with E-state index < -0.39 is 10.2 Å². The van der Waals surface area contributed by atoms with Crippen molar-refractivity contribution in [1.82, 2.24) is 9.29 Å². The van der Waals surface area contributed by atoms with Gasteiger partial charge in [-0.15, -0.1) is 0 Å². The van der Waals surface area contributed by atoms with Gasteiger partial charge in [0.15, 0.2) is 5.82 Å². The second-order valence-electron chi connectivity index (χ2n) is 3.55. The summed E-state index contributed by atoms with van der Waals surface area (Å²) < 4.78 is 27.1. The van der Waals surface area contributed by atoms with Gasteiger partial charge in [0.1, 0.15) is 0 Å². The Bertz CT molecular complexity index is 462. The van der Waals surface area contributed by atoms with E-state index in [9.17, 15) is 8.42 Å². The van der Waals surface area contributed by atoms with Crippen LogP contribution in [0.2, 0.25) is 5.02 Å². The largest absolute Gasteiger partial charge is 0.302 e. The van der Waals surface area contributed by atoms with Gasteiger partial charge in [0.05, 0.1) is 5.02 Å². The summed E-state index contributed by atoms with van der Waals surface area (Å²) in [6.07, 6.45) is 1.47.